The molecule has 0 atom stereocenters. The lowest BCUT2D eigenvalue weighted by atomic mass is 10.2. The van der Waals surface area contributed by atoms with E-state index in [0.29, 0.717) is 5.02 Å². The summed E-state index contributed by atoms with van der Waals surface area (Å²) in [6.07, 6.45) is -0.249. The van der Waals surface area contributed by atoms with E-state index in [4.69, 9.17) is 16.3 Å². The van der Waals surface area contributed by atoms with E-state index in [1.54, 1.807) is 58.3 Å². The van der Waals surface area contributed by atoms with Gasteiger partial charge in [0.2, 0.25) is 11.9 Å². The summed E-state index contributed by atoms with van der Waals surface area (Å²) in [4.78, 5) is 43.4. The molecule has 0 bridgehead atoms. The summed E-state index contributed by atoms with van der Waals surface area (Å²) in [5.41, 5.74) is -0.482. The Morgan fingerprint density at radius 1 is 1.14 bits per heavy atom. The number of carbonyl (C=O) groups is 1. The van der Waals surface area contributed by atoms with Crippen molar-refractivity contribution in [2.45, 2.75) is 39.5 Å². The van der Waals surface area contributed by atoms with Crippen LogP contribution in [0.3, 0.4) is 0 Å². The molecule has 0 unspecified atom stereocenters. The van der Waals surface area contributed by atoms with E-state index in [9.17, 15) is 18.8 Å². The first-order valence-corrected chi connectivity index (χ1v) is 11.3. The summed E-state index contributed by atoms with van der Waals surface area (Å²) < 4.78 is 22.1. The third-order valence-corrected chi connectivity index (χ3v) is 5.25. The summed E-state index contributed by atoms with van der Waals surface area (Å²) >= 11 is 5.97. The molecule has 0 fully saturated rings. The van der Waals surface area contributed by atoms with Gasteiger partial charge in [-0.15, -0.1) is 0 Å². The summed E-state index contributed by atoms with van der Waals surface area (Å²) in [5.74, 6) is -0.826. The number of aromatic nitrogens is 3. The average Bonchev–Trinajstić information content (AvgIpc) is 2.78. The van der Waals surface area contributed by atoms with Gasteiger partial charge in [0, 0.05) is 43.8 Å². The van der Waals surface area contributed by atoms with E-state index in [1.807, 2.05) is 0 Å². The van der Waals surface area contributed by atoms with Crippen LogP contribution in [0.15, 0.2) is 52.1 Å². The number of halogens is 2. The highest BCUT2D eigenvalue weighted by atomic mass is 35.5. The van der Waals surface area contributed by atoms with E-state index >= 15 is 0 Å². The van der Waals surface area contributed by atoms with Crippen molar-refractivity contribution in [2.75, 3.05) is 19.4 Å². The Morgan fingerprint density at radius 3 is 2.43 bits per heavy atom. The molecule has 0 aliphatic heterocycles. The minimum atomic E-state index is -0.823. The number of hydrogen-bond acceptors (Lipinski definition) is 6. The lowest BCUT2D eigenvalue weighted by Gasteiger charge is -2.17. The topological polar surface area (TPSA) is 98.5 Å². The van der Waals surface area contributed by atoms with Gasteiger partial charge in [-0.3, -0.25) is 9.36 Å². The van der Waals surface area contributed by atoms with Crippen LogP contribution < -0.4 is 21.4 Å². The van der Waals surface area contributed by atoms with Gasteiger partial charge in [-0.2, -0.15) is 4.98 Å². The average molecular weight is 504 g/mol. The molecule has 0 saturated heterocycles. The predicted molar refractivity (Wildman–Crippen MR) is 132 cm³/mol. The van der Waals surface area contributed by atoms with Crippen LogP contribution in [0.2, 0.25) is 5.02 Å². The monoisotopic (exact) mass is 503 g/mol. The third-order valence-electron chi connectivity index (χ3n) is 5.00. The van der Waals surface area contributed by atoms with E-state index in [1.165, 1.54) is 21.6 Å². The van der Waals surface area contributed by atoms with Crippen molar-refractivity contribution in [1.29, 1.82) is 0 Å². The van der Waals surface area contributed by atoms with Gasteiger partial charge in [0.05, 0.1) is 12.6 Å². The molecule has 1 amide bonds. The zero-order valence-corrected chi connectivity index (χ0v) is 20.7. The Bertz CT molecular complexity index is 1320. The van der Waals surface area contributed by atoms with Gasteiger partial charge < -0.3 is 15.0 Å². The highest BCUT2D eigenvalue weighted by molar-refractivity contribution is 6.30. The zero-order chi connectivity index (χ0) is 25.7. The number of ether oxygens (including phenoxy) is 1. The van der Waals surface area contributed by atoms with Crippen LogP contribution in [-0.2, 0) is 17.9 Å². The Morgan fingerprint density at radius 2 is 1.83 bits per heavy atom. The molecule has 0 radical (unpaired) electrons. The minimum Gasteiger partial charge on any atom is -0.488 e. The molecule has 1 aromatic heterocycles. The fourth-order valence-electron chi connectivity index (χ4n) is 3.22. The maximum atomic E-state index is 14.5. The molecular formula is C24H27ClFN5O4. The Labute approximate surface area is 206 Å². The highest BCUT2D eigenvalue weighted by Crippen LogP contribution is 2.24. The van der Waals surface area contributed by atoms with Gasteiger partial charge >= 0.3 is 11.4 Å². The van der Waals surface area contributed by atoms with Crippen LogP contribution in [0.1, 0.15) is 25.8 Å². The Balaban J connectivity index is 2.01. The van der Waals surface area contributed by atoms with E-state index in [0.717, 1.165) is 10.1 Å². The van der Waals surface area contributed by atoms with Crippen molar-refractivity contribution in [1.82, 2.24) is 19.0 Å². The second-order valence-electron chi connectivity index (χ2n) is 8.34. The molecule has 35 heavy (non-hydrogen) atoms. The smallest absolute Gasteiger partial charge is 0.354 e. The molecule has 186 valence electrons. The van der Waals surface area contributed by atoms with Gasteiger partial charge in [0.15, 0.2) is 11.6 Å². The van der Waals surface area contributed by atoms with Crippen molar-refractivity contribution in [2.24, 2.45) is 0 Å². The molecule has 2 aromatic carbocycles. The first kappa shape index (κ1) is 26.0. The predicted octanol–water partition coefficient (Wildman–Crippen LogP) is 3.25. The van der Waals surface area contributed by atoms with Crippen LogP contribution in [0.25, 0.3) is 0 Å². The summed E-state index contributed by atoms with van der Waals surface area (Å²) in [7, 11) is 3.18. The molecule has 0 aliphatic rings. The summed E-state index contributed by atoms with van der Waals surface area (Å²) in [6, 6.07) is 11.0. The van der Waals surface area contributed by atoms with Crippen molar-refractivity contribution in [3.8, 4) is 5.75 Å². The molecule has 0 saturated carbocycles. The van der Waals surface area contributed by atoms with Crippen molar-refractivity contribution in [3.05, 3.63) is 79.8 Å². The number of benzene rings is 2. The summed E-state index contributed by atoms with van der Waals surface area (Å²) in [6.45, 7) is 3.50. The Hall–Kier alpha value is -3.66. The molecule has 1 heterocycles. The van der Waals surface area contributed by atoms with Gasteiger partial charge in [-0.05, 0) is 43.7 Å². The number of rotatable bonds is 9. The molecule has 3 aromatic rings. The van der Waals surface area contributed by atoms with Crippen LogP contribution in [0.4, 0.5) is 16.0 Å². The van der Waals surface area contributed by atoms with Crippen LogP contribution >= 0.6 is 11.6 Å². The first-order valence-electron chi connectivity index (χ1n) is 10.9. The van der Waals surface area contributed by atoms with E-state index in [2.05, 4.69) is 10.3 Å². The third kappa shape index (κ3) is 6.69. The van der Waals surface area contributed by atoms with E-state index < -0.39 is 17.2 Å². The van der Waals surface area contributed by atoms with E-state index in [-0.39, 0.29) is 48.9 Å². The number of hydrogen-bond donors (Lipinski definition) is 1. The SMILES string of the molecule is CC(C)Oc1ccc(Nc2nc(=O)n(CCC(=O)N(C)C)c(=O)n2Cc2ccc(Cl)cc2)cc1F. The molecule has 3 rings (SSSR count). The normalized spacial score (nSPS) is 10.9. The molecule has 1 N–H and O–H groups in total. The minimum absolute atomic E-state index is 0.0416. The maximum absolute atomic E-state index is 14.5. The quantitative estimate of drug-likeness (QED) is 0.481. The molecule has 11 heteroatoms. The number of nitrogens with one attached hydrogen (secondary N) is 1. The number of carbonyl (C=O) groups excluding carboxylic acids is 1. The van der Waals surface area contributed by atoms with Gasteiger partial charge in [-0.1, -0.05) is 23.7 Å². The first-order chi connectivity index (χ1) is 16.5. The molecule has 0 aliphatic carbocycles. The second-order valence-corrected chi connectivity index (χ2v) is 8.78. The molecular weight excluding hydrogens is 477 g/mol. The maximum Gasteiger partial charge on any atom is 0.354 e. The van der Waals surface area contributed by atoms with Crippen LogP contribution in [0, 0.1) is 5.82 Å². The standard InChI is InChI=1S/C24H27ClFN5O4/c1-15(2)35-20-10-9-18(13-19(20)26)27-22-28-23(33)30(12-11-21(32)29(3)4)24(34)31(22)14-16-5-7-17(25)8-6-16/h5-10,13,15H,11-12,14H2,1-4H3,(H,27,28,33). The fourth-order valence-corrected chi connectivity index (χ4v) is 3.35. The lowest BCUT2D eigenvalue weighted by molar-refractivity contribution is -0.128. The summed E-state index contributed by atoms with van der Waals surface area (Å²) in [5, 5.41) is 3.39. The van der Waals surface area contributed by atoms with Crippen molar-refractivity contribution < 1.29 is 13.9 Å². The van der Waals surface area contributed by atoms with Crippen molar-refractivity contribution >= 4 is 29.1 Å². The largest absolute Gasteiger partial charge is 0.488 e. The number of amides is 1. The van der Waals surface area contributed by atoms with Crippen LogP contribution in [-0.4, -0.2) is 45.1 Å². The Kier molecular flexibility index (Phi) is 8.29. The van der Waals surface area contributed by atoms with Crippen LogP contribution in [0.5, 0.6) is 5.75 Å². The number of nitrogens with zero attached hydrogens (tertiary/aromatic N) is 4. The fraction of sp³-hybridized carbons (Fsp3) is 0.333. The zero-order valence-electron chi connectivity index (χ0n) is 19.9. The second kappa shape index (κ2) is 11.2. The van der Waals surface area contributed by atoms with Gasteiger partial charge in [0.25, 0.3) is 0 Å². The number of anilines is 2. The highest BCUT2D eigenvalue weighted by Gasteiger charge is 2.16. The van der Waals surface area contributed by atoms with Crippen molar-refractivity contribution in [3.63, 3.8) is 0 Å². The van der Waals surface area contributed by atoms with Gasteiger partial charge in [-0.25, -0.2) is 18.5 Å². The molecule has 0 spiro atoms. The molecule has 9 nitrogen and oxygen atoms in total. The lowest BCUT2D eigenvalue weighted by Crippen LogP contribution is -2.43. The van der Waals surface area contributed by atoms with Gasteiger partial charge in [0.1, 0.15) is 0 Å².